The van der Waals surface area contributed by atoms with E-state index < -0.39 is 0 Å². The second kappa shape index (κ2) is 8.38. The zero-order chi connectivity index (χ0) is 19.4. The number of hydrogen-bond acceptors (Lipinski definition) is 3. The lowest BCUT2D eigenvalue weighted by Crippen LogP contribution is -2.52. The van der Waals surface area contributed by atoms with Crippen molar-refractivity contribution >= 4 is 11.8 Å². The molecule has 148 valence electrons. The molecule has 6 heteroatoms. The Morgan fingerprint density at radius 1 is 1.22 bits per heavy atom. The number of amides is 2. The molecule has 0 radical (unpaired) electrons. The van der Waals surface area contributed by atoms with E-state index in [0.29, 0.717) is 26.1 Å². The second-order valence-electron chi connectivity index (χ2n) is 8.16. The van der Waals surface area contributed by atoms with Gasteiger partial charge in [0.05, 0.1) is 12.0 Å². The maximum Gasteiger partial charge on any atom is 0.234 e. The van der Waals surface area contributed by atoms with Crippen LogP contribution in [0, 0.1) is 11.2 Å². The number of nitrogens with one attached hydrogen (secondary N) is 1. The first kappa shape index (κ1) is 19.8. The average Bonchev–Trinajstić information content (AvgIpc) is 3.02. The fraction of sp³-hybridized carbons (Fsp3) is 0.619. The summed E-state index contributed by atoms with van der Waals surface area (Å²) in [7, 11) is 0. The Balaban J connectivity index is 1.45. The largest absolute Gasteiger partial charge is 0.355 e. The smallest absolute Gasteiger partial charge is 0.234 e. The van der Waals surface area contributed by atoms with Gasteiger partial charge in [0.2, 0.25) is 11.8 Å². The Hall–Kier alpha value is -1.95. The lowest BCUT2D eigenvalue weighted by molar-refractivity contribution is -0.147. The molecule has 1 aromatic rings. The molecule has 2 aliphatic rings. The van der Waals surface area contributed by atoms with Crippen molar-refractivity contribution < 1.29 is 14.0 Å². The molecule has 0 bridgehead atoms. The fourth-order valence-electron chi connectivity index (χ4n) is 4.32. The van der Waals surface area contributed by atoms with E-state index in [0.717, 1.165) is 37.9 Å². The van der Waals surface area contributed by atoms with Crippen LogP contribution in [-0.4, -0.2) is 60.4 Å². The van der Waals surface area contributed by atoms with Gasteiger partial charge >= 0.3 is 0 Å². The van der Waals surface area contributed by atoms with Gasteiger partial charge in [0, 0.05) is 25.7 Å². The number of carbonyl (C=O) groups excluding carboxylic acids is 2. The molecule has 0 aromatic heterocycles. The first-order chi connectivity index (χ1) is 12.9. The molecule has 27 heavy (non-hydrogen) atoms. The molecule has 0 saturated carbocycles. The van der Waals surface area contributed by atoms with Crippen LogP contribution in [-0.2, 0) is 16.0 Å². The predicted molar refractivity (Wildman–Crippen MR) is 103 cm³/mol. The van der Waals surface area contributed by atoms with Crippen molar-refractivity contribution in [2.24, 2.45) is 5.41 Å². The van der Waals surface area contributed by atoms with Crippen LogP contribution in [0.25, 0.3) is 0 Å². The molecule has 3 rings (SSSR count). The van der Waals surface area contributed by atoms with Crippen molar-refractivity contribution in [1.82, 2.24) is 15.1 Å². The zero-order valence-corrected chi connectivity index (χ0v) is 16.3. The molecule has 1 atom stereocenters. The van der Waals surface area contributed by atoms with Gasteiger partial charge in [-0.1, -0.05) is 12.1 Å². The van der Waals surface area contributed by atoms with E-state index in [1.807, 2.05) is 4.90 Å². The summed E-state index contributed by atoms with van der Waals surface area (Å²) in [6.45, 7) is 7.33. The topological polar surface area (TPSA) is 52.6 Å². The van der Waals surface area contributed by atoms with E-state index in [1.165, 1.54) is 12.1 Å². The van der Waals surface area contributed by atoms with Crippen molar-refractivity contribution in [1.29, 1.82) is 0 Å². The molecule has 2 saturated heterocycles. The van der Waals surface area contributed by atoms with E-state index in [-0.39, 0.29) is 29.1 Å². The molecule has 2 amide bonds. The van der Waals surface area contributed by atoms with E-state index in [2.05, 4.69) is 24.1 Å². The highest BCUT2D eigenvalue weighted by Crippen LogP contribution is 2.40. The second-order valence-corrected chi connectivity index (χ2v) is 8.16. The summed E-state index contributed by atoms with van der Waals surface area (Å²) in [5.74, 6) is 0.000134. The molecular formula is C21H30FN3O2. The summed E-state index contributed by atoms with van der Waals surface area (Å²) >= 11 is 0. The van der Waals surface area contributed by atoms with Gasteiger partial charge < -0.3 is 10.2 Å². The molecule has 5 nitrogen and oxygen atoms in total. The maximum absolute atomic E-state index is 12.9. The number of benzene rings is 1. The Morgan fingerprint density at radius 2 is 1.96 bits per heavy atom. The predicted octanol–water partition coefficient (Wildman–Crippen LogP) is 2.21. The summed E-state index contributed by atoms with van der Waals surface area (Å²) in [6.07, 6.45) is 3.50. The minimum absolute atomic E-state index is 0.0156. The van der Waals surface area contributed by atoms with Gasteiger partial charge in [-0.25, -0.2) is 4.39 Å². The Morgan fingerprint density at radius 3 is 2.67 bits per heavy atom. The highest BCUT2D eigenvalue weighted by molar-refractivity contribution is 5.85. The Bertz CT molecular complexity index is 677. The van der Waals surface area contributed by atoms with Crippen molar-refractivity contribution in [2.45, 2.75) is 45.6 Å². The van der Waals surface area contributed by atoms with Gasteiger partial charge in [-0.15, -0.1) is 0 Å². The van der Waals surface area contributed by atoms with Crippen LogP contribution in [0.2, 0.25) is 0 Å². The number of likely N-dealkylation sites (tertiary alicyclic amines) is 2. The van der Waals surface area contributed by atoms with E-state index >= 15 is 0 Å². The molecular weight excluding hydrogens is 345 g/mol. The van der Waals surface area contributed by atoms with Crippen molar-refractivity contribution in [3.05, 3.63) is 35.6 Å². The van der Waals surface area contributed by atoms with Crippen LogP contribution >= 0.6 is 0 Å². The molecule has 0 aliphatic carbocycles. The standard InChI is InChI=1S/C21H30FN3O2/c1-16(2)25-12-3-9-21(20(25)27)10-13-24(15-21)14-19(26)23-11-8-17-4-6-18(22)7-5-17/h4-7,16H,3,8-15H2,1-2H3,(H,23,26). The Kier molecular flexibility index (Phi) is 6.15. The number of piperidine rings is 1. The average molecular weight is 375 g/mol. The van der Waals surface area contributed by atoms with Crippen molar-refractivity contribution in [3.63, 3.8) is 0 Å². The third kappa shape index (κ3) is 4.67. The number of hydrogen-bond donors (Lipinski definition) is 1. The van der Waals surface area contributed by atoms with E-state index in [9.17, 15) is 14.0 Å². The lowest BCUT2D eigenvalue weighted by Gasteiger charge is -2.41. The third-order valence-electron chi connectivity index (χ3n) is 5.84. The number of nitrogens with zero attached hydrogens (tertiary/aromatic N) is 2. The SMILES string of the molecule is CC(C)N1CCCC2(CCN(CC(=O)NCCc3ccc(F)cc3)C2)C1=O. The van der Waals surface area contributed by atoms with Crippen LogP contribution in [0.4, 0.5) is 4.39 Å². The maximum atomic E-state index is 12.9. The van der Waals surface area contributed by atoms with Gasteiger partial charge in [0.15, 0.2) is 0 Å². The molecule has 2 fully saturated rings. The summed E-state index contributed by atoms with van der Waals surface area (Å²) in [5, 5.41) is 2.93. The van der Waals surface area contributed by atoms with Gasteiger partial charge in [-0.2, -0.15) is 0 Å². The number of halogens is 1. The van der Waals surface area contributed by atoms with Crippen molar-refractivity contribution in [2.75, 3.05) is 32.7 Å². The zero-order valence-electron chi connectivity index (χ0n) is 16.3. The molecule has 1 spiro atoms. The highest BCUT2D eigenvalue weighted by Gasteiger charge is 2.48. The number of carbonyl (C=O) groups is 2. The van der Waals surface area contributed by atoms with Crippen LogP contribution in [0.3, 0.4) is 0 Å². The highest BCUT2D eigenvalue weighted by atomic mass is 19.1. The van der Waals surface area contributed by atoms with Gasteiger partial charge in [-0.3, -0.25) is 14.5 Å². The van der Waals surface area contributed by atoms with Gasteiger partial charge in [0.25, 0.3) is 0 Å². The Labute approximate surface area is 160 Å². The monoisotopic (exact) mass is 375 g/mol. The van der Waals surface area contributed by atoms with Crippen LogP contribution in [0.15, 0.2) is 24.3 Å². The third-order valence-corrected chi connectivity index (χ3v) is 5.84. The summed E-state index contributed by atoms with van der Waals surface area (Å²) in [5.41, 5.74) is 0.704. The first-order valence-corrected chi connectivity index (χ1v) is 9.94. The van der Waals surface area contributed by atoms with Crippen molar-refractivity contribution in [3.8, 4) is 0 Å². The summed E-state index contributed by atoms with van der Waals surface area (Å²) in [6, 6.07) is 6.57. The molecule has 1 unspecified atom stereocenters. The van der Waals surface area contributed by atoms with Gasteiger partial charge in [0.1, 0.15) is 5.82 Å². The van der Waals surface area contributed by atoms with Crippen LogP contribution < -0.4 is 5.32 Å². The normalized spacial score (nSPS) is 23.4. The van der Waals surface area contributed by atoms with Crippen LogP contribution in [0.1, 0.15) is 38.7 Å². The molecule has 1 aromatic carbocycles. The number of rotatable bonds is 6. The van der Waals surface area contributed by atoms with E-state index in [1.54, 1.807) is 12.1 Å². The van der Waals surface area contributed by atoms with Gasteiger partial charge in [-0.05, 0) is 63.8 Å². The van der Waals surface area contributed by atoms with Crippen LogP contribution in [0.5, 0.6) is 0 Å². The minimum atomic E-state index is -0.295. The minimum Gasteiger partial charge on any atom is -0.355 e. The fourth-order valence-corrected chi connectivity index (χ4v) is 4.32. The van der Waals surface area contributed by atoms with E-state index in [4.69, 9.17) is 0 Å². The summed E-state index contributed by atoms with van der Waals surface area (Å²) in [4.78, 5) is 29.3. The first-order valence-electron chi connectivity index (χ1n) is 9.94. The quantitative estimate of drug-likeness (QED) is 0.829. The summed E-state index contributed by atoms with van der Waals surface area (Å²) < 4.78 is 12.9. The molecule has 2 heterocycles. The lowest BCUT2D eigenvalue weighted by atomic mass is 9.78. The molecule has 1 N–H and O–H groups in total. The molecule has 2 aliphatic heterocycles.